The van der Waals surface area contributed by atoms with Crippen LogP contribution in [0, 0.1) is 17.8 Å². The van der Waals surface area contributed by atoms with Crippen molar-refractivity contribution in [3.8, 4) is 0 Å². The van der Waals surface area contributed by atoms with Gasteiger partial charge in [-0.1, -0.05) is 32.1 Å². The molecule has 29 heavy (non-hydrogen) atoms. The van der Waals surface area contributed by atoms with Crippen LogP contribution in [0.2, 0.25) is 0 Å². The highest BCUT2D eigenvalue weighted by Gasteiger charge is 2.45. The molecular formula is C20H31N5O3S. The number of hydrogen-bond donors (Lipinski definition) is 1. The van der Waals surface area contributed by atoms with E-state index < -0.39 is 6.04 Å². The molecule has 1 aromatic heterocycles. The first-order valence-corrected chi connectivity index (χ1v) is 11.3. The first-order chi connectivity index (χ1) is 13.8. The molecule has 1 aromatic rings. The Hall–Kier alpha value is -2.03. The number of amides is 3. The van der Waals surface area contributed by atoms with Gasteiger partial charge in [0, 0.05) is 25.9 Å². The normalized spacial score (nSPS) is 23.8. The fourth-order valence-electron chi connectivity index (χ4n) is 3.77. The van der Waals surface area contributed by atoms with Crippen LogP contribution in [-0.4, -0.2) is 63.9 Å². The van der Waals surface area contributed by atoms with Crippen molar-refractivity contribution in [3.63, 3.8) is 0 Å². The number of hydrogen-bond acceptors (Lipinski definition) is 6. The maximum atomic E-state index is 13.0. The summed E-state index contributed by atoms with van der Waals surface area (Å²) in [6, 6.07) is -0.457. The van der Waals surface area contributed by atoms with Crippen molar-refractivity contribution in [2.24, 2.45) is 17.8 Å². The SMILES string of the molecule is CC(C)Cc1nnc(NC(=O)CN(C)C(=O)C2CCCCN2C(=O)C2CC2C)s1. The maximum Gasteiger partial charge on any atom is 0.245 e. The average molecular weight is 422 g/mol. The van der Waals surface area contributed by atoms with Crippen molar-refractivity contribution in [1.29, 1.82) is 0 Å². The molecule has 2 fully saturated rings. The lowest BCUT2D eigenvalue weighted by Crippen LogP contribution is -2.53. The standard InChI is InChI=1S/C20H31N5O3S/c1-12(2)9-17-22-23-20(29-17)21-16(26)11-24(4)19(28)15-7-5-6-8-25(15)18(27)14-10-13(14)3/h12-15H,5-11H2,1-4H3,(H,21,23,26). The molecule has 3 unspecified atom stereocenters. The average Bonchev–Trinajstić information content (AvgIpc) is 3.25. The van der Waals surface area contributed by atoms with Gasteiger partial charge in [0.15, 0.2) is 0 Å². The topological polar surface area (TPSA) is 95.5 Å². The number of carbonyl (C=O) groups is 3. The first kappa shape index (κ1) is 21.7. The van der Waals surface area contributed by atoms with Crippen LogP contribution < -0.4 is 5.32 Å². The Morgan fingerprint density at radius 3 is 2.66 bits per heavy atom. The predicted molar refractivity (Wildman–Crippen MR) is 111 cm³/mol. The lowest BCUT2D eigenvalue weighted by molar-refractivity contribution is -0.148. The van der Waals surface area contributed by atoms with Gasteiger partial charge in [0.25, 0.3) is 0 Å². The van der Waals surface area contributed by atoms with Gasteiger partial charge < -0.3 is 9.80 Å². The van der Waals surface area contributed by atoms with Crippen LogP contribution in [0.15, 0.2) is 0 Å². The Morgan fingerprint density at radius 2 is 2.00 bits per heavy atom. The Labute approximate surface area is 176 Å². The molecule has 1 N–H and O–H groups in total. The summed E-state index contributed by atoms with van der Waals surface area (Å²) in [5.41, 5.74) is 0. The van der Waals surface area contributed by atoms with E-state index in [0.717, 1.165) is 30.7 Å². The minimum absolute atomic E-state index is 0.0643. The number of piperidine rings is 1. The highest BCUT2D eigenvalue weighted by molar-refractivity contribution is 7.15. The highest BCUT2D eigenvalue weighted by Crippen LogP contribution is 2.40. The largest absolute Gasteiger partial charge is 0.335 e. The zero-order chi connectivity index (χ0) is 21.1. The summed E-state index contributed by atoms with van der Waals surface area (Å²) in [5.74, 6) is 0.567. The van der Waals surface area contributed by atoms with Gasteiger partial charge in [-0.15, -0.1) is 10.2 Å². The third kappa shape index (κ3) is 5.52. The molecule has 2 aliphatic rings. The van der Waals surface area contributed by atoms with Gasteiger partial charge in [0.05, 0.1) is 6.54 Å². The zero-order valence-corrected chi connectivity index (χ0v) is 18.5. The van der Waals surface area contributed by atoms with Crippen LogP contribution in [0.4, 0.5) is 5.13 Å². The molecule has 160 valence electrons. The van der Waals surface area contributed by atoms with Gasteiger partial charge in [-0.2, -0.15) is 0 Å². The Kier molecular flexibility index (Phi) is 6.87. The fraction of sp³-hybridized carbons (Fsp3) is 0.750. The molecule has 0 bridgehead atoms. The molecule has 0 spiro atoms. The predicted octanol–water partition coefficient (Wildman–Crippen LogP) is 2.17. The van der Waals surface area contributed by atoms with E-state index in [1.165, 1.54) is 16.2 Å². The summed E-state index contributed by atoms with van der Waals surface area (Å²) in [7, 11) is 1.61. The van der Waals surface area contributed by atoms with Gasteiger partial charge in [0.1, 0.15) is 11.0 Å². The van der Waals surface area contributed by atoms with E-state index in [2.05, 4.69) is 36.3 Å². The zero-order valence-electron chi connectivity index (χ0n) is 17.7. The van der Waals surface area contributed by atoms with Crippen molar-refractivity contribution >= 4 is 34.2 Å². The number of likely N-dealkylation sites (tertiary alicyclic amines) is 1. The van der Waals surface area contributed by atoms with E-state index in [0.29, 0.717) is 29.9 Å². The number of nitrogens with zero attached hydrogens (tertiary/aromatic N) is 4. The smallest absolute Gasteiger partial charge is 0.245 e. The van der Waals surface area contributed by atoms with Crippen LogP contribution in [-0.2, 0) is 20.8 Å². The lowest BCUT2D eigenvalue weighted by Gasteiger charge is -2.37. The number of carbonyl (C=O) groups excluding carboxylic acids is 3. The first-order valence-electron chi connectivity index (χ1n) is 10.4. The minimum atomic E-state index is -0.457. The molecule has 1 saturated heterocycles. The molecule has 3 atom stereocenters. The summed E-state index contributed by atoms with van der Waals surface area (Å²) in [6.45, 7) is 6.82. The summed E-state index contributed by atoms with van der Waals surface area (Å²) in [5, 5.41) is 12.1. The van der Waals surface area contributed by atoms with E-state index in [1.807, 2.05) is 0 Å². The number of anilines is 1. The molecule has 1 saturated carbocycles. The molecule has 2 heterocycles. The Balaban J connectivity index is 1.55. The third-order valence-electron chi connectivity index (χ3n) is 5.55. The highest BCUT2D eigenvalue weighted by atomic mass is 32.1. The molecule has 0 aromatic carbocycles. The van der Waals surface area contributed by atoms with Gasteiger partial charge in [-0.05, 0) is 37.5 Å². The van der Waals surface area contributed by atoms with Crippen LogP contribution in [0.5, 0.6) is 0 Å². The van der Waals surface area contributed by atoms with Crippen molar-refractivity contribution in [2.45, 2.75) is 58.9 Å². The minimum Gasteiger partial charge on any atom is -0.335 e. The van der Waals surface area contributed by atoms with Crippen LogP contribution in [0.1, 0.15) is 51.5 Å². The molecule has 1 aliphatic heterocycles. The second-order valence-electron chi connectivity index (χ2n) is 8.70. The van der Waals surface area contributed by atoms with E-state index in [4.69, 9.17) is 0 Å². The number of likely N-dealkylation sites (N-methyl/N-ethyl adjacent to an activating group) is 1. The molecule has 8 nitrogen and oxygen atoms in total. The van der Waals surface area contributed by atoms with Crippen LogP contribution in [0.25, 0.3) is 0 Å². The number of rotatable bonds is 7. The fourth-order valence-corrected chi connectivity index (χ4v) is 4.74. The van der Waals surface area contributed by atoms with Gasteiger partial charge >= 0.3 is 0 Å². The van der Waals surface area contributed by atoms with Crippen LogP contribution in [0.3, 0.4) is 0 Å². The van der Waals surface area contributed by atoms with Crippen molar-refractivity contribution in [2.75, 3.05) is 25.5 Å². The van der Waals surface area contributed by atoms with E-state index in [1.54, 1.807) is 11.9 Å². The quantitative estimate of drug-likeness (QED) is 0.728. The Morgan fingerprint density at radius 1 is 1.28 bits per heavy atom. The van der Waals surface area contributed by atoms with Gasteiger partial charge in [0.2, 0.25) is 22.9 Å². The third-order valence-corrected chi connectivity index (χ3v) is 6.41. The summed E-state index contributed by atoms with van der Waals surface area (Å²) in [4.78, 5) is 41.2. The van der Waals surface area contributed by atoms with Gasteiger partial charge in [-0.25, -0.2) is 0 Å². The molecule has 9 heteroatoms. The molecule has 1 aliphatic carbocycles. The summed E-state index contributed by atoms with van der Waals surface area (Å²) in [6.07, 6.45) is 4.24. The van der Waals surface area contributed by atoms with Crippen molar-refractivity contribution in [3.05, 3.63) is 5.01 Å². The Bertz CT molecular complexity index is 765. The molecule has 0 radical (unpaired) electrons. The summed E-state index contributed by atoms with van der Waals surface area (Å²) < 4.78 is 0. The molecule has 3 amide bonds. The monoisotopic (exact) mass is 421 g/mol. The number of aromatic nitrogens is 2. The summed E-state index contributed by atoms with van der Waals surface area (Å²) >= 11 is 1.36. The van der Waals surface area contributed by atoms with Gasteiger partial charge in [-0.3, -0.25) is 19.7 Å². The molecular weight excluding hydrogens is 390 g/mol. The van der Waals surface area contributed by atoms with Crippen LogP contribution >= 0.6 is 11.3 Å². The van der Waals surface area contributed by atoms with Crippen molar-refractivity contribution in [1.82, 2.24) is 20.0 Å². The van der Waals surface area contributed by atoms with E-state index in [9.17, 15) is 14.4 Å². The lowest BCUT2D eigenvalue weighted by atomic mass is 10.00. The van der Waals surface area contributed by atoms with E-state index in [-0.39, 0.29) is 30.2 Å². The number of nitrogens with one attached hydrogen (secondary N) is 1. The van der Waals surface area contributed by atoms with Crippen molar-refractivity contribution < 1.29 is 14.4 Å². The second-order valence-corrected chi connectivity index (χ2v) is 9.77. The second kappa shape index (κ2) is 9.19. The van der Waals surface area contributed by atoms with E-state index >= 15 is 0 Å². The maximum absolute atomic E-state index is 13.0. The molecule has 3 rings (SSSR count).